The lowest BCUT2D eigenvalue weighted by Crippen LogP contribution is -2.02. The Hall–Kier alpha value is -1.39. The van der Waals surface area contributed by atoms with Crippen LogP contribution in [0.4, 0.5) is 0 Å². The molecule has 84 valence electrons. The topological polar surface area (TPSA) is 48.1 Å². The number of aromatic nitrogens is 1. The number of nitrogens with zero attached hydrogens (tertiary/aromatic N) is 1. The third kappa shape index (κ3) is 3.05. The van der Waals surface area contributed by atoms with E-state index in [1.54, 1.807) is 11.3 Å². The predicted octanol–water partition coefficient (Wildman–Crippen LogP) is 2.22. The van der Waals surface area contributed by atoms with Crippen molar-refractivity contribution in [3.63, 3.8) is 0 Å². The van der Waals surface area contributed by atoms with E-state index in [1.165, 1.54) is 5.56 Å². The van der Waals surface area contributed by atoms with Crippen LogP contribution >= 0.6 is 11.3 Å². The summed E-state index contributed by atoms with van der Waals surface area (Å²) in [6, 6.07) is 8.05. The molecule has 0 unspecified atom stereocenters. The molecule has 0 radical (unpaired) electrons. The zero-order chi connectivity index (χ0) is 11.2. The van der Waals surface area contributed by atoms with Gasteiger partial charge in [0, 0.05) is 6.20 Å². The van der Waals surface area contributed by atoms with E-state index in [4.69, 9.17) is 10.5 Å². The van der Waals surface area contributed by atoms with Crippen LogP contribution in [0.2, 0.25) is 0 Å². The minimum Gasteiger partial charge on any atom is -0.488 e. The Balaban J connectivity index is 1.96. The highest BCUT2D eigenvalue weighted by molar-refractivity contribution is 7.09. The van der Waals surface area contributed by atoms with Crippen molar-refractivity contribution in [3.8, 4) is 5.75 Å². The largest absolute Gasteiger partial charge is 0.488 e. The monoisotopic (exact) mass is 234 g/mol. The fourth-order valence-electron chi connectivity index (χ4n) is 1.43. The zero-order valence-corrected chi connectivity index (χ0v) is 9.74. The molecule has 1 heterocycles. The van der Waals surface area contributed by atoms with E-state index in [0.29, 0.717) is 13.2 Å². The van der Waals surface area contributed by atoms with Gasteiger partial charge in [0.15, 0.2) is 0 Å². The van der Waals surface area contributed by atoms with E-state index >= 15 is 0 Å². The van der Waals surface area contributed by atoms with E-state index in [-0.39, 0.29) is 0 Å². The molecule has 0 saturated heterocycles. The number of ether oxygens (including phenoxy) is 1. The number of nitrogens with two attached hydrogens (primary N) is 1. The van der Waals surface area contributed by atoms with Gasteiger partial charge in [-0.25, -0.2) is 0 Å². The van der Waals surface area contributed by atoms with Gasteiger partial charge in [-0.15, -0.1) is 11.3 Å². The minimum atomic E-state index is 0.580. The van der Waals surface area contributed by atoms with Crippen LogP contribution in [0.15, 0.2) is 36.0 Å². The normalized spacial score (nSPS) is 10.3. The average molecular weight is 234 g/mol. The molecule has 0 atom stereocenters. The van der Waals surface area contributed by atoms with Crippen LogP contribution < -0.4 is 10.5 Å². The van der Waals surface area contributed by atoms with Gasteiger partial charge in [-0.1, -0.05) is 12.1 Å². The number of benzene rings is 1. The second kappa shape index (κ2) is 5.63. The molecule has 0 spiro atoms. The summed E-state index contributed by atoms with van der Waals surface area (Å²) in [5.74, 6) is 0.888. The average Bonchev–Trinajstić information content (AvgIpc) is 2.80. The highest BCUT2D eigenvalue weighted by Gasteiger charge is 1.98. The van der Waals surface area contributed by atoms with Gasteiger partial charge in [0.1, 0.15) is 12.4 Å². The molecule has 2 rings (SSSR count). The van der Waals surface area contributed by atoms with Crippen molar-refractivity contribution in [1.29, 1.82) is 0 Å². The molecule has 0 bridgehead atoms. The van der Waals surface area contributed by atoms with Crippen LogP contribution in [0, 0.1) is 0 Å². The van der Waals surface area contributed by atoms with Gasteiger partial charge in [0.25, 0.3) is 0 Å². The van der Waals surface area contributed by atoms with Gasteiger partial charge in [0.05, 0.1) is 10.4 Å². The fraction of sp³-hybridized carbons (Fsp3) is 0.250. The van der Waals surface area contributed by atoms with E-state index in [9.17, 15) is 0 Å². The molecule has 0 amide bonds. The highest BCUT2D eigenvalue weighted by Crippen LogP contribution is 2.16. The SMILES string of the molecule is NCCc1cccc(OCc2cncs2)c1. The molecule has 0 aliphatic heterocycles. The van der Waals surface area contributed by atoms with E-state index in [1.807, 2.05) is 29.9 Å². The molecule has 0 saturated carbocycles. The summed E-state index contributed by atoms with van der Waals surface area (Å²) < 4.78 is 5.67. The molecule has 0 fully saturated rings. The van der Waals surface area contributed by atoms with Gasteiger partial charge in [-0.05, 0) is 30.7 Å². The Kier molecular flexibility index (Phi) is 3.91. The second-order valence-corrected chi connectivity index (χ2v) is 4.41. The van der Waals surface area contributed by atoms with Crippen molar-refractivity contribution in [2.45, 2.75) is 13.0 Å². The van der Waals surface area contributed by atoms with Gasteiger partial charge in [-0.3, -0.25) is 4.98 Å². The van der Waals surface area contributed by atoms with Crippen LogP contribution in [0.25, 0.3) is 0 Å². The molecule has 1 aromatic heterocycles. The van der Waals surface area contributed by atoms with Crippen molar-refractivity contribution in [1.82, 2.24) is 4.98 Å². The standard InChI is InChI=1S/C12H14N2OS/c13-5-4-10-2-1-3-11(6-10)15-8-12-7-14-9-16-12/h1-3,6-7,9H,4-5,8,13H2. The molecule has 0 aliphatic rings. The Morgan fingerprint density at radius 3 is 3.06 bits per heavy atom. The van der Waals surface area contributed by atoms with Crippen LogP contribution in [0.5, 0.6) is 5.75 Å². The second-order valence-electron chi connectivity index (χ2n) is 3.44. The minimum absolute atomic E-state index is 0.580. The summed E-state index contributed by atoms with van der Waals surface area (Å²) in [5.41, 5.74) is 8.54. The van der Waals surface area contributed by atoms with Gasteiger partial charge in [-0.2, -0.15) is 0 Å². The van der Waals surface area contributed by atoms with Gasteiger partial charge >= 0.3 is 0 Å². The lowest BCUT2D eigenvalue weighted by Gasteiger charge is -2.06. The Bertz CT molecular complexity index is 428. The molecular formula is C12H14N2OS. The number of thiazole rings is 1. The highest BCUT2D eigenvalue weighted by atomic mass is 32.1. The molecule has 1 aromatic carbocycles. The first-order valence-corrected chi connectivity index (χ1v) is 6.05. The third-order valence-electron chi connectivity index (χ3n) is 2.20. The molecule has 3 nitrogen and oxygen atoms in total. The maximum atomic E-state index is 5.67. The van der Waals surface area contributed by atoms with Gasteiger partial charge in [0.2, 0.25) is 0 Å². The summed E-state index contributed by atoms with van der Waals surface area (Å²) in [5, 5.41) is 0. The maximum Gasteiger partial charge on any atom is 0.124 e. The lowest BCUT2D eigenvalue weighted by molar-refractivity contribution is 0.309. The first-order chi connectivity index (χ1) is 7.88. The van der Waals surface area contributed by atoms with Crippen molar-refractivity contribution in [2.24, 2.45) is 5.73 Å². The first kappa shape index (κ1) is 11.1. The summed E-state index contributed by atoms with van der Waals surface area (Å²) >= 11 is 1.60. The van der Waals surface area contributed by atoms with Crippen LogP contribution in [-0.2, 0) is 13.0 Å². The van der Waals surface area contributed by atoms with Crippen molar-refractivity contribution < 1.29 is 4.74 Å². The Morgan fingerprint density at radius 1 is 1.38 bits per heavy atom. The summed E-state index contributed by atoms with van der Waals surface area (Å²) in [7, 11) is 0. The third-order valence-corrected chi connectivity index (χ3v) is 2.95. The van der Waals surface area contributed by atoms with Crippen molar-refractivity contribution in [3.05, 3.63) is 46.4 Å². The summed E-state index contributed by atoms with van der Waals surface area (Å²) in [6.45, 7) is 1.25. The van der Waals surface area contributed by atoms with Crippen LogP contribution in [0.1, 0.15) is 10.4 Å². The molecule has 2 aromatic rings. The van der Waals surface area contributed by atoms with Crippen LogP contribution in [-0.4, -0.2) is 11.5 Å². The number of hydrogen-bond donors (Lipinski definition) is 1. The molecule has 4 heteroatoms. The lowest BCUT2D eigenvalue weighted by atomic mass is 10.1. The van der Waals surface area contributed by atoms with Crippen molar-refractivity contribution in [2.75, 3.05) is 6.54 Å². The predicted molar refractivity (Wildman–Crippen MR) is 65.6 cm³/mol. The quantitative estimate of drug-likeness (QED) is 0.863. The number of rotatable bonds is 5. The van der Waals surface area contributed by atoms with Gasteiger partial charge < -0.3 is 10.5 Å². The molecule has 0 aliphatic carbocycles. The summed E-state index contributed by atoms with van der Waals surface area (Å²) in [4.78, 5) is 5.13. The Labute approximate surface area is 98.9 Å². The smallest absolute Gasteiger partial charge is 0.124 e. The fourth-order valence-corrected chi connectivity index (χ4v) is 1.93. The van der Waals surface area contributed by atoms with E-state index < -0.39 is 0 Å². The van der Waals surface area contributed by atoms with Crippen LogP contribution in [0.3, 0.4) is 0 Å². The molecule has 16 heavy (non-hydrogen) atoms. The maximum absolute atomic E-state index is 5.67. The van der Waals surface area contributed by atoms with E-state index in [2.05, 4.69) is 11.1 Å². The number of hydrogen-bond acceptors (Lipinski definition) is 4. The Morgan fingerprint density at radius 2 is 2.31 bits per heavy atom. The zero-order valence-electron chi connectivity index (χ0n) is 8.93. The van der Waals surface area contributed by atoms with E-state index in [0.717, 1.165) is 17.0 Å². The molecular weight excluding hydrogens is 220 g/mol. The first-order valence-electron chi connectivity index (χ1n) is 5.17. The summed E-state index contributed by atoms with van der Waals surface area (Å²) in [6.07, 6.45) is 2.71. The van der Waals surface area contributed by atoms with Crippen molar-refractivity contribution >= 4 is 11.3 Å². The molecule has 2 N–H and O–H groups in total.